The number of tetrazole rings is 1. The zero-order chi connectivity index (χ0) is 22.0. The van der Waals surface area contributed by atoms with E-state index in [2.05, 4.69) is 15.5 Å². The molecule has 0 atom stereocenters. The quantitative estimate of drug-likeness (QED) is 0.444. The molecule has 0 saturated carbocycles. The Labute approximate surface area is 182 Å². The number of aromatic nitrogens is 6. The van der Waals surface area contributed by atoms with E-state index in [0.29, 0.717) is 22.2 Å². The Morgan fingerprint density at radius 2 is 1.81 bits per heavy atom. The molecule has 2 aromatic carbocycles. The molecule has 0 aliphatic rings. The van der Waals surface area contributed by atoms with Crippen LogP contribution in [0.25, 0.3) is 11.4 Å². The predicted molar refractivity (Wildman–Crippen MR) is 118 cm³/mol. The van der Waals surface area contributed by atoms with E-state index in [1.807, 2.05) is 56.4 Å². The second-order valence-electron chi connectivity index (χ2n) is 6.94. The van der Waals surface area contributed by atoms with Crippen LogP contribution in [0.1, 0.15) is 21.6 Å². The Hall–Kier alpha value is -3.66. The van der Waals surface area contributed by atoms with Crippen molar-refractivity contribution in [2.45, 2.75) is 18.5 Å². The fourth-order valence-electron chi connectivity index (χ4n) is 3.30. The summed E-state index contributed by atoms with van der Waals surface area (Å²) in [6.45, 7) is 1.87. The lowest BCUT2D eigenvalue weighted by atomic mass is 10.1. The van der Waals surface area contributed by atoms with Crippen molar-refractivity contribution in [1.29, 1.82) is 0 Å². The molecule has 2 heterocycles. The standard InChI is InChI=1S/C21H21N7O2S/c1-14-18(20(30)28(26(14)2)17-6-4-3-5-7-17)27-21(23-24-25-27)31-13-12-15-8-10-16(11-9-15)19(22)29/h3-11H,12-13H2,1-2H3,(H2,22,29). The van der Waals surface area contributed by atoms with Crippen LogP contribution >= 0.6 is 11.8 Å². The highest BCUT2D eigenvalue weighted by molar-refractivity contribution is 7.99. The highest BCUT2D eigenvalue weighted by Gasteiger charge is 2.21. The van der Waals surface area contributed by atoms with Crippen LogP contribution in [0.3, 0.4) is 0 Å². The van der Waals surface area contributed by atoms with E-state index >= 15 is 0 Å². The summed E-state index contributed by atoms with van der Waals surface area (Å²) in [5, 5.41) is 12.5. The van der Waals surface area contributed by atoms with Gasteiger partial charge in [-0.15, -0.1) is 5.10 Å². The first-order valence-electron chi connectivity index (χ1n) is 9.61. The third-order valence-corrected chi connectivity index (χ3v) is 5.96. The molecule has 158 valence electrons. The van der Waals surface area contributed by atoms with Gasteiger partial charge in [0, 0.05) is 18.4 Å². The normalized spacial score (nSPS) is 11.0. The van der Waals surface area contributed by atoms with Crippen molar-refractivity contribution in [2.24, 2.45) is 12.8 Å². The average molecular weight is 436 g/mol. The molecule has 0 fully saturated rings. The number of hydrogen-bond donors (Lipinski definition) is 1. The van der Waals surface area contributed by atoms with Gasteiger partial charge in [0.15, 0.2) is 5.69 Å². The summed E-state index contributed by atoms with van der Waals surface area (Å²) in [4.78, 5) is 24.4. The minimum absolute atomic E-state index is 0.192. The molecular weight excluding hydrogens is 414 g/mol. The topological polar surface area (TPSA) is 114 Å². The number of rotatable bonds is 7. The molecule has 0 bridgehead atoms. The zero-order valence-electron chi connectivity index (χ0n) is 17.1. The van der Waals surface area contributed by atoms with Crippen molar-refractivity contribution in [2.75, 3.05) is 5.75 Å². The van der Waals surface area contributed by atoms with E-state index in [1.54, 1.807) is 21.5 Å². The van der Waals surface area contributed by atoms with Crippen LogP contribution in [-0.4, -0.2) is 41.2 Å². The number of carbonyl (C=O) groups excluding carboxylic acids is 1. The monoisotopic (exact) mass is 435 g/mol. The maximum absolute atomic E-state index is 13.2. The van der Waals surface area contributed by atoms with Crippen LogP contribution in [0.15, 0.2) is 64.5 Å². The van der Waals surface area contributed by atoms with Gasteiger partial charge in [0.05, 0.1) is 11.4 Å². The van der Waals surface area contributed by atoms with Crippen LogP contribution in [0.5, 0.6) is 0 Å². The lowest BCUT2D eigenvalue weighted by Crippen LogP contribution is -2.22. The van der Waals surface area contributed by atoms with Crippen LogP contribution in [0, 0.1) is 6.92 Å². The van der Waals surface area contributed by atoms with E-state index in [0.717, 1.165) is 23.4 Å². The molecule has 2 aromatic heterocycles. The molecule has 0 aliphatic carbocycles. The minimum atomic E-state index is -0.445. The number of nitrogens with two attached hydrogens (primary N) is 1. The molecule has 0 radical (unpaired) electrons. The SMILES string of the molecule is Cc1c(-n2nnnc2SCCc2ccc(C(N)=O)cc2)c(=O)n(-c2ccccc2)n1C. The summed E-state index contributed by atoms with van der Waals surface area (Å²) < 4.78 is 4.89. The first-order chi connectivity index (χ1) is 15.0. The van der Waals surface area contributed by atoms with Crippen molar-refractivity contribution in [3.05, 3.63) is 81.8 Å². The molecule has 9 nitrogen and oxygen atoms in total. The van der Waals surface area contributed by atoms with Crippen molar-refractivity contribution in [3.63, 3.8) is 0 Å². The predicted octanol–water partition coefficient (Wildman–Crippen LogP) is 1.89. The van der Waals surface area contributed by atoms with Gasteiger partial charge in [-0.25, -0.2) is 4.68 Å². The molecule has 0 aliphatic heterocycles. The highest BCUT2D eigenvalue weighted by Crippen LogP contribution is 2.21. The number of para-hydroxylation sites is 1. The number of amides is 1. The number of nitrogens with zero attached hydrogens (tertiary/aromatic N) is 6. The number of carbonyl (C=O) groups is 1. The molecule has 0 unspecified atom stereocenters. The second-order valence-corrected chi connectivity index (χ2v) is 8.01. The Kier molecular flexibility index (Phi) is 5.72. The summed E-state index contributed by atoms with van der Waals surface area (Å²) in [6.07, 6.45) is 0.749. The fraction of sp³-hybridized carbons (Fsp3) is 0.190. The lowest BCUT2D eigenvalue weighted by molar-refractivity contribution is 0.100. The highest BCUT2D eigenvalue weighted by atomic mass is 32.2. The second kappa shape index (κ2) is 8.60. The maximum Gasteiger partial charge on any atom is 0.297 e. The van der Waals surface area contributed by atoms with Gasteiger partial charge in [-0.1, -0.05) is 42.1 Å². The van der Waals surface area contributed by atoms with Gasteiger partial charge in [0.1, 0.15) is 0 Å². The maximum atomic E-state index is 13.2. The van der Waals surface area contributed by atoms with Gasteiger partial charge in [-0.3, -0.25) is 14.3 Å². The fourth-order valence-corrected chi connectivity index (χ4v) is 4.17. The van der Waals surface area contributed by atoms with Gasteiger partial charge in [-0.2, -0.15) is 4.68 Å². The van der Waals surface area contributed by atoms with Gasteiger partial charge in [0.25, 0.3) is 5.56 Å². The largest absolute Gasteiger partial charge is 0.366 e. The van der Waals surface area contributed by atoms with Gasteiger partial charge >= 0.3 is 0 Å². The summed E-state index contributed by atoms with van der Waals surface area (Å²) in [6, 6.07) is 16.6. The van der Waals surface area contributed by atoms with Crippen LogP contribution in [0.4, 0.5) is 0 Å². The van der Waals surface area contributed by atoms with E-state index in [-0.39, 0.29) is 5.56 Å². The third-order valence-electron chi connectivity index (χ3n) is 5.04. The molecule has 31 heavy (non-hydrogen) atoms. The number of benzene rings is 2. The van der Waals surface area contributed by atoms with Crippen LogP contribution in [0.2, 0.25) is 0 Å². The number of thioether (sulfide) groups is 1. The summed E-state index contributed by atoms with van der Waals surface area (Å²) in [5.41, 5.74) is 8.58. The summed E-state index contributed by atoms with van der Waals surface area (Å²) in [5.74, 6) is 0.259. The molecule has 0 spiro atoms. The molecule has 2 N–H and O–H groups in total. The van der Waals surface area contributed by atoms with Crippen LogP contribution < -0.4 is 11.3 Å². The smallest absolute Gasteiger partial charge is 0.297 e. The van der Waals surface area contributed by atoms with E-state index in [9.17, 15) is 9.59 Å². The Bertz CT molecular complexity index is 1270. The van der Waals surface area contributed by atoms with Gasteiger partial charge in [0.2, 0.25) is 11.1 Å². The van der Waals surface area contributed by atoms with Crippen LogP contribution in [-0.2, 0) is 13.5 Å². The summed E-state index contributed by atoms with van der Waals surface area (Å²) >= 11 is 1.46. The molecule has 4 rings (SSSR count). The molecule has 10 heteroatoms. The van der Waals surface area contributed by atoms with Gasteiger partial charge < -0.3 is 5.73 Å². The Balaban J connectivity index is 1.56. The molecular formula is C21H21N7O2S. The molecule has 1 amide bonds. The number of aryl methyl sites for hydroxylation is 1. The number of primary amides is 1. The molecule has 0 saturated heterocycles. The van der Waals surface area contributed by atoms with Gasteiger partial charge in [-0.05, 0) is 53.6 Å². The summed E-state index contributed by atoms with van der Waals surface area (Å²) in [7, 11) is 1.83. The van der Waals surface area contributed by atoms with Crippen molar-refractivity contribution in [3.8, 4) is 11.4 Å². The van der Waals surface area contributed by atoms with Crippen molar-refractivity contribution < 1.29 is 4.79 Å². The lowest BCUT2D eigenvalue weighted by Gasteiger charge is -2.07. The number of hydrogen-bond acceptors (Lipinski definition) is 6. The third kappa shape index (κ3) is 4.02. The van der Waals surface area contributed by atoms with E-state index in [1.165, 1.54) is 16.4 Å². The van der Waals surface area contributed by atoms with E-state index < -0.39 is 5.91 Å². The van der Waals surface area contributed by atoms with Crippen molar-refractivity contribution in [1.82, 2.24) is 29.6 Å². The first-order valence-corrected chi connectivity index (χ1v) is 10.6. The van der Waals surface area contributed by atoms with E-state index in [4.69, 9.17) is 5.73 Å². The minimum Gasteiger partial charge on any atom is -0.366 e. The first kappa shape index (κ1) is 20.6. The average Bonchev–Trinajstić information content (AvgIpc) is 3.31. The Morgan fingerprint density at radius 3 is 2.48 bits per heavy atom. The zero-order valence-corrected chi connectivity index (χ0v) is 17.9. The Morgan fingerprint density at radius 1 is 1.10 bits per heavy atom. The molecule has 4 aromatic rings. The van der Waals surface area contributed by atoms with Crippen molar-refractivity contribution >= 4 is 17.7 Å².